The minimum Gasteiger partial charge on any atom is -0.223 e. The van der Waals surface area contributed by atoms with Crippen LogP contribution in [0.3, 0.4) is 0 Å². The molecule has 1 aromatic carbocycles. The lowest BCUT2D eigenvalue weighted by Crippen LogP contribution is -2.04. The highest BCUT2D eigenvalue weighted by Gasteiger charge is 2.30. The summed E-state index contributed by atoms with van der Waals surface area (Å²) < 4.78 is 40.6. The van der Waals surface area contributed by atoms with Gasteiger partial charge in [0.2, 0.25) is 0 Å². The first kappa shape index (κ1) is 10.1. The van der Waals surface area contributed by atoms with Crippen LogP contribution in [0.4, 0.5) is 13.2 Å². The van der Waals surface area contributed by atoms with Crippen molar-refractivity contribution < 1.29 is 13.2 Å². The summed E-state index contributed by atoms with van der Waals surface area (Å²) in [7, 11) is 0. The van der Waals surface area contributed by atoms with Crippen molar-refractivity contribution >= 4 is 11.5 Å². The molecular weight excluding hydrogens is 225 g/mol. The third-order valence-electron chi connectivity index (χ3n) is 1.83. The minimum absolute atomic E-state index is 0.453. The number of benzene rings is 1. The van der Waals surface area contributed by atoms with E-state index in [-0.39, 0.29) is 0 Å². The molecule has 0 spiro atoms. The van der Waals surface area contributed by atoms with Gasteiger partial charge in [0.1, 0.15) is 5.51 Å². The first-order valence-electron chi connectivity index (χ1n) is 4.01. The molecule has 0 bridgehead atoms. The van der Waals surface area contributed by atoms with Crippen LogP contribution in [-0.2, 0) is 6.18 Å². The quantitative estimate of drug-likeness (QED) is 0.751. The minimum atomic E-state index is -4.30. The number of nitrogens with zero attached hydrogens (tertiary/aromatic N) is 2. The maximum atomic E-state index is 12.2. The summed E-state index contributed by atoms with van der Waals surface area (Å²) in [5, 5.41) is 0. The SMILES string of the molecule is FC(F)(F)c1ccc(-c2ncsn2)cc1. The van der Waals surface area contributed by atoms with E-state index in [0.29, 0.717) is 11.4 Å². The Hall–Kier alpha value is -1.43. The zero-order valence-corrected chi connectivity index (χ0v) is 8.14. The van der Waals surface area contributed by atoms with Crippen LogP contribution in [0.2, 0.25) is 0 Å². The number of hydrogen-bond donors (Lipinski definition) is 0. The van der Waals surface area contributed by atoms with E-state index < -0.39 is 11.7 Å². The monoisotopic (exact) mass is 230 g/mol. The van der Waals surface area contributed by atoms with E-state index in [9.17, 15) is 13.2 Å². The van der Waals surface area contributed by atoms with Gasteiger partial charge in [0.15, 0.2) is 5.82 Å². The van der Waals surface area contributed by atoms with Gasteiger partial charge >= 0.3 is 6.18 Å². The molecule has 0 aliphatic heterocycles. The fourth-order valence-corrected chi connectivity index (χ4v) is 1.55. The van der Waals surface area contributed by atoms with Crippen LogP contribution in [0.25, 0.3) is 11.4 Å². The first-order chi connectivity index (χ1) is 7.07. The van der Waals surface area contributed by atoms with E-state index >= 15 is 0 Å². The van der Waals surface area contributed by atoms with Gasteiger partial charge in [0.25, 0.3) is 0 Å². The lowest BCUT2D eigenvalue weighted by molar-refractivity contribution is -0.137. The summed E-state index contributed by atoms with van der Waals surface area (Å²) in [5.74, 6) is 0.453. The summed E-state index contributed by atoms with van der Waals surface area (Å²) in [5.41, 5.74) is 1.46. The third-order valence-corrected chi connectivity index (χ3v) is 2.31. The highest BCUT2D eigenvalue weighted by Crippen LogP contribution is 2.30. The van der Waals surface area contributed by atoms with Gasteiger partial charge in [-0.05, 0) is 23.7 Å². The zero-order valence-electron chi connectivity index (χ0n) is 7.32. The first-order valence-corrected chi connectivity index (χ1v) is 4.85. The van der Waals surface area contributed by atoms with Crippen molar-refractivity contribution in [1.82, 2.24) is 9.36 Å². The van der Waals surface area contributed by atoms with Gasteiger partial charge in [-0.1, -0.05) is 12.1 Å². The molecule has 0 amide bonds. The molecule has 0 saturated heterocycles. The molecule has 0 saturated carbocycles. The van der Waals surface area contributed by atoms with Crippen molar-refractivity contribution in [1.29, 1.82) is 0 Å². The van der Waals surface area contributed by atoms with Crippen LogP contribution < -0.4 is 0 Å². The van der Waals surface area contributed by atoms with Gasteiger partial charge in [0, 0.05) is 5.56 Å². The second kappa shape index (κ2) is 3.62. The van der Waals surface area contributed by atoms with Crippen LogP contribution >= 0.6 is 11.5 Å². The molecule has 78 valence electrons. The molecule has 2 aromatic rings. The summed E-state index contributed by atoms with van der Waals surface area (Å²) in [6, 6.07) is 4.78. The number of alkyl halides is 3. The normalized spacial score (nSPS) is 11.7. The second-order valence-electron chi connectivity index (χ2n) is 2.83. The Balaban J connectivity index is 2.33. The van der Waals surface area contributed by atoms with E-state index in [4.69, 9.17) is 0 Å². The van der Waals surface area contributed by atoms with Crippen LogP contribution in [0.5, 0.6) is 0 Å². The smallest absolute Gasteiger partial charge is 0.223 e. The van der Waals surface area contributed by atoms with E-state index in [1.54, 1.807) is 0 Å². The maximum absolute atomic E-state index is 12.2. The van der Waals surface area contributed by atoms with Crippen molar-refractivity contribution in [3.63, 3.8) is 0 Å². The van der Waals surface area contributed by atoms with Crippen molar-refractivity contribution in [2.45, 2.75) is 6.18 Å². The van der Waals surface area contributed by atoms with Crippen LogP contribution in [0.1, 0.15) is 5.56 Å². The summed E-state index contributed by atoms with van der Waals surface area (Å²) in [6.45, 7) is 0. The Morgan fingerprint density at radius 1 is 1.07 bits per heavy atom. The van der Waals surface area contributed by atoms with E-state index in [1.807, 2.05) is 0 Å². The Bertz CT molecular complexity index is 433. The van der Waals surface area contributed by atoms with E-state index in [1.165, 1.54) is 17.6 Å². The van der Waals surface area contributed by atoms with E-state index in [0.717, 1.165) is 23.7 Å². The molecule has 6 heteroatoms. The van der Waals surface area contributed by atoms with E-state index in [2.05, 4.69) is 9.36 Å². The summed E-state index contributed by atoms with van der Waals surface area (Å²) in [4.78, 5) is 3.90. The van der Waals surface area contributed by atoms with Gasteiger partial charge in [-0.15, -0.1) is 0 Å². The fraction of sp³-hybridized carbons (Fsp3) is 0.111. The molecule has 0 unspecified atom stereocenters. The highest BCUT2D eigenvalue weighted by atomic mass is 32.1. The van der Waals surface area contributed by atoms with Gasteiger partial charge in [-0.25, -0.2) is 4.98 Å². The Morgan fingerprint density at radius 2 is 1.73 bits per heavy atom. The van der Waals surface area contributed by atoms with Crippen LogP contribution in [0, 0.1) is 0 Å². The number of rotatable bonds is 1. The summed E-state index contributed by atoms with van der Waals surface area (Å²) in [6.07, 6.45) is -4.30. The van der Waals surface area contributed by atoms with Crippen molar-refractivity contribution in [2.75, 3.05) is 0 Å². The van der Waals surface area contributed by atoms with Gasteiger partial charge < -0.3 is 0 Å². The Kier molecular flexibility index (Phi) is 2.44. The molecule has 0 aliphatic carbocycles. The molecule has 0 fully saturated rings. The Morgan fingerprint density at radius 3 is 2.20 bits per heavy atom. The zero-order chi connectivity index (χ0) is 10.9. The molecule has 0 radical (unpaired) electrons. The van der Waals surface area contributed by atoms with Crippen molar-refractivity contribution in [2.24, 2.45) is 0 Å². The average molecular weight is 230 g/mol. The lowest BCUT2D eigenvalue weighted by Gasteiger charge is -2.05. The van der Waals surface area contributed by atoms with Crippen LogP contribution in [0.15, 0.2) is 29.8 Å². The van der Waals surface area contributed by atoms with Gasteiger partial charge in [-0.3, -0.25) is 0 Å². The Labute approximate surface area is 87.6 Å². The molecule has 1 heterocycles. The fourth-order valence-electron chi connectivity index (χ4n) is 1.11. The van der Waals surface area contributed by atoms with Gasteiger partial charge in [0.05, 0.1) is 5.56 Å². The van der Waals surface area contributed by atoms with Crippen molar-refractivity contribution in [3.05, 3.63) is 35.3 Å². The van der Waals surface area contributed by atoms with Crippen LogP contribution in [-0.4, -0.2) is 9.36 Å². The molecule has 2 rings (SSSR count). The number of halogens is 3. The molecule has 0 atom stereocenters. The predicted octanol–water partition coefficient (Wildman–Crippen LogP) is 3.22. The standard InChI is InChI=1S/C9H5F3N2S/c10-9(11,12)7-3-1-6(2-4-7)8-13-5-15-14-8/h1-5H. The van der Waals surface area contributed by atoms with Gasteiger partial charge in [-0.2, -0.15) is 17.5 Å². The largest absolute Gasteiger partial charge is 0.416 e. The maximum Gasteiger partial charge on any atom is 0.416 e. The molecular formula is C9H5F3N2S. The molecule has 0 aliphatic rings. The predicted molar refractivity (Wildman–Crippen MR) is 50.3 cm³/mol. The number of hydrogen-bond acceptors (Lipinski definition) is 3. The molecule has 0 N–H and O–H groups in total. The molecule has 1 aromatic heterocycles. The number of aromatic nitrogens is 2. The lowest BCUT2D eigenvalue weighted by atomic mass is 10.1. The second-order valence-corrected chi connectivity index (χ2v) is 3.43. The van der Waals surface area contributed by atoms with Crippen molar-refractivity contribution in [3.8, 4) is 11.4 Å². The molecule has 15 heavy (non-hydrogen) atoms. The topological polar surface area (TPSA) is 25.8 Å². The third kappa shape index (κ3) is 2.15. The average Bonchev–Trinajstić information content (AvgIpc) is 2.69. The highest BCUT2D eigenvalue weighted by molar-refractivity contribution is 7.03. The molecule has 2 nitrogen and oxygen atoms in total. The summed E-state index contributed by atoms with van der Waals surface area (Å²) >= 11 is 1.16.